The van der Waals surface area contributed by atoms with Gasteiger partial charge in [-0.05, 0) is 145 Å². The van der Waals surface area contributed by atoms with Gasteiger partial charge in [-0.3, -0.25) is 19.8 Å². The maximum atomic E-state index is 14.7. The number of morpholine rings is 1. The van der Waals surface area contributed by atoms with Gasteiger partial charge in [-0.15, -0.1) is 0 Å². The number of carbonyl (C=O) groups excluding carboxylic acids is 1. The summed E-state index contributed by atoms with van der Waals surface area (Å²) in [5.74, 6) is 0.573. The Balaban J connectivity index is 0.857. The van der Waals surface area contributed by atoms with Crippen LogP contribution in [0.2, 0.25) is 0 Å². The molecule has 6 aliphatic rings. The SMILES string of the molecule is CC(C)(C)Oc1ccccc1[C@@H]1COCCN1C1CC2(CCN(c3ccc(C(=O)NS(=O)(=O)c4ccc(NC[C@H]5CC[C@](C)(O)CC5)c([N+](=O)[O-])c4)c(N4c5cc6cc[nH]c6nc5O[C@H]5COCC[C@@H]54)c3)CC2)C1. The maximum absolute atomic E-state index is 14.7. The van der Waals surface area contributed by atoms with Crippen LogP contribution in [-0.4, -0.2) is 121 Å². The Hall–Kier alpha value is -5.99. The molecule has 18 nitrogen and oxygen atoms in total. The summed E-state index contributed by atoms with van der Waals surface area (Å²) in [6, 6.07) is 21.7. The molecule has 394 valence electrons. The van der Waals surface area contributed by atoms with Crippen molar-refractivity contribution in [1.82, 2.24) is 19.6 Å². The molecule has 3 aromatic carbocycles. The van der Waals surface area contributed by atoms with Gasteiger partial charge >= 0.3 is 0 Å². The van der Waals surface area contributed by atoms with Gasteiger partial charge in [0.15, 0.2) is 0 Å². The quantitative estimate of drug-likeness (QED) is 0.0680. The third kappa shape index (κ3) is 10.1. The summed E-state index contributed by atoms with van der Waals surface area (Å²) in [6.07, 6.45) is 8.91. The fourth-order valence-electron chi connectivity index (χ4n) is 12.4. The number of aromatic amines is 1. The van der Waals surface area contributed by atoms with Crippen molar-refractivity contribution < 1.29 is 42.2 Å². The van der Waals surface area contributed by atoms with Crippen molar-refractivity contribution in [2.75, 3.05) is 67.7 Å². The zero-order valence-electron chi connectivity index (χ0n) is 42.7. The second kappa shape index (κ2) is 19.6. The molecule has 4 N–H and O–H groups in total. The van der Waals surface area contributed by atoms with Crippen LogP contribution in [0.1, 0.15) is 107 Å². The van der Waals surface area contributed by atoms with Gasteiger partial charge in [-0.25, -0.2) is 13.1 Å². The van der Waals surface area contributed by atoms with E-state index in [1.54, 1.807) is 12.3 Å². The van der Waals surface area contributed by atoms with Crippen molar-refractivity contribution in [3.05, 3.63) is 100 Å². The predicted molar refractivity (Wildman–Crippen MR) is 281 cm³/mol. The van der Waals surface area contributed by atoms with Gasteiger partial charge in [0.05, 0.1) is 58.6 Å². The number of aliphatic hydroxyl groups is 1. The summed E-state index contributed by atoms with van der Waals surface area (Å²) in [5.41, 5.74) is 2.84. The number of nitro groups is 1. The molecule has 74 heavy (non-hydrogen) atoms. The summed E-state index contributed by atoms with van der Waals surface area (Å²) in [5, 5.41) is 26.8. The van der Waals surface area contributed by atoms with E-state index >= 15 is 0 Å². The van der Waals surface area contributed by atoms with Crippen LogP contribution >= 0.6 is 0 Å². The minimum atomic E-state index is -4.63. The molecule has 6 heterocycles. The first kappa shape index (κ1) is 50.2. The van der Waals surface area contributed by atoms with Crippen molar-refractivity contribution in [1.29, 1.82) is 0 Å². The maximum Gasteiger partial charge on any atom is 0.293 e. The second-order valence-electron chi connectivity index (χ2n) is 22.7. The molecule has 4 aliphatic heterocycles. The van der Waals surface area contributed by atoms with E-state index < -0.39 is 43.1 Å². The number of nitrogens with zero attached hydrogens (tertiary/aromatic N) is 5. The Bertz CT molecular complexity index is 3020. The third-order valence-electron chi connectivity index (χ3n) is 16.4. The minimum absolute atomic E-state index is 0.105. The number of pyridine rings is 1. The lowest BCUT2D eigenvalue weighted by Gasteiger charge is -2.57. The fraction of sp³-hybridized carbons (Fsp3) is 0.527. The van der Waals surface area contributed by atoms with Crippen molar-refractivity contribution in [2.45, 2.75) is 126 Å². The molecule has 1 spiro atoms. The van der Waals surface area contributed by atoms with Crippen LogP contribution in [0.5, 0.6) is 11.6 Å². The van der Waals surface area contributed by atoms with Crippen molar-refractivity contribution in [3.63, 3.8) is 0 Å². The van der Waals surface area contributed by atoms with Crippen LogP contribution in [0.25, 0.3) is 11.0 Å². The van der Waals surface area contributed by atoms with Crippen LogP contribution in [0.4, 0.5) is 28.4 Å². The monoisotopic (exact) mass is 1030 g/mol. The number of hydrogen-bond acceptors (Lipinski definition) is 15. The second-order valence-corrected chi connectivity index (χ2v) is 24.4. The number of hydrogen-bond donors (Lipinski definition) is 4. The number of benzene rings is 3. The molecule has 3 saturated heterocycles. The smallest absolute Gasteiger partial charge is 0.293 e. The number of rotatable bonds is 12. The Labute approximate surface area is 432 Å². The molecule has 0 bridgehead atoms. The molecule has 0 unspecified atom stereocenters. The normalized spacial score (nSPS) is 25.4. The molecule has 3 atom stereocenters. The number of nitrogens with one attached hydrogen (secondary N) is 3. The molecule has 2 saturated carbocycles. The van der Waals surface area contributed by atoms with Crippen LogP contribution in [0.15, 0.2) is 83.9 Å². The van der Waals surface area contributed by atoms with E-state index in [1.165, 1.54) is 17.7 Å². The standard InChI is InChI=1S/C55H68N8O10S/c1-53(2,3)73-48-8-6-5-7-40(48)47-33-71-26-24-61(47)38-30-55(31-38)19-22-60(23-20-55)37-9-11-41(44(28-37)62-43-16-25-70-34-49(43)72-52-46(62)27-36-15-21-56-50(36)58-52)51(64)59-74(68,69)39-10-12-42(45(29-39)63(66)67)57-32-35-13-17-54(4,65)18-14-35/h5-12,15,21,27-29,35,38,43,47,49,57,65H,13-14,16-20,22-26,30-34H2,1-4H3,(H,56,58)(H,59,64)/t35-,43-,47-,49-,54-/m0/s1. The van der Waals surface area contributed by atoms with Crippen molar-refractivity contribution >= 4 is 55.4 Å². The summed E-state index contributed by atoms with van der Waals surface area (Å²) in [7, 11) is -4.63. The van der Waals surface area contributed by atoms with Crippen LogP contribution < -0.4 is 29.3 Å². The third-order valence-corrected chi connectivity index (χ3v) is 17.7. The van der Waals surface area contributed by atoms with E-state index in [2.05, 4.69) is 68.7 Å². The molecule has 5 aromatic rings. The Kier molecular flexibility index (Phi) is 13.3. The van der Waals surface area contributed by atoms with Gasteiger partial charge in [0.25, 0.3) is 21.6 Å². The molecule has 2 aromatic heterocycles. The Morgan fingerprint density at radius 2 is 1.72 bits per heavy atom. The van der Waals surface area contributed by atoms with Gasteiger partial charge in [-0.1, -0.05) is 18.2 Å². The van der Waals surface area contributed by atoms with Crippen LogP contribution in [0, 0.1) is 21.4 Å². The largest absolute Gasteiger partial charge is 0.488 e. The number of ether oxygens (including phenoxy) is 4. The number of aromatic nitrogens is 2. The van der Waals surface area contributed by atoms with E-state index in [-0.39, 0.29) is 40.3 Å². The lowest BCUT2D eigenvalue weighted by atomic mass is 9.59. The molecule has 5 fully saturated rings. The highest BCUT2D eigenvalue weighted by atomic mass is 32.2. The summed E-state index contributed by atoms with van der Waals surface area (Å²) in [6.45, 7) is 13.0. The molecule has 19 heteroatoms. The van der Waals surface area contributed by atoms with Crippen molar-refractivity contribution in [2.24, 2.45) is 11.3 Å². The summed E-state index contributed by atoms with van der Waals surface area (Å²) in [4.78, 5) is 41.2. The molecular formula is C55H68N8O10S. The zero-order chi connectivity index (χ0) is 51.6. The number of fused-ring (bicyclic) bond motifs is 3. The molecular weight excluding hydrogens is 965 g/mol. The number of sulfonamides is 1. The number of piperidine rings is 1. The van der Waals surface area contributed by atoms with Crippen LogP contribution in [0.3, 0.4) is 0 Å². The summed E-state index contributed by atoms with van der Waals surface area (Å²) >= 11 is 0. The number of amides is 1. The number of nitro benzene ring substituents is 1. The zero-order valence-corrected chi connectivity index (χ0v) is 43.5. The fourth-order valence-corrected chi connectivity index (χ4v) is 13.3. The van der Waals surface area contributed by atoms with Gasteiger partial charge < -0.3 is 44.2 Å². The highest BCUT2D eigenvalue weighted by Crippen LogP contribution is 2.54. The average Bonchev–Trinajstić information content (AvgIpc) is 3.83. The highest BCUT2D eigenvalue weighted by molar-refractivity contribution is 7.90. The molecule has 2 aliphatic carbocycles. The number of anilines is 4. The van der Waals surface area contributed by atoms with Crippen LogP contribution in [-0.2, 0) is 19.5 Å². The summed E-state index contributed by atoms with van der Waals surface area (Å²) < 4.78 is 55.6. The number of H-pyrrole nitrogens is 1. The van der Waals surface area contributed by atoms with E-state index in [9.17, 15) is 28.4 Å². The lowest BCUT2D eigenvalue weighted by Crippen LogP contribution is -2.58. The molecule has 0 radical (unpaired) electrons. The minimum Gasteiger partial charge on any atom is -0.488 e. The number of carbonyl (C=O) groups is 1. The van der Waals surface area contributed by atoms with Crippen molar-refractivity contribution in [3.8, 4) is 11.6 Å². The lowest BCUT2D eigenvalue weighted by molar-refractivity contribution is -0.384. The molecule has 11 rings (SSSR count). The van der Waals surface area contributed by atoms with Gasteiger partial charge in [-0.2, -0.15) is 4.98 Å². The Morgan fingerprint density at radius 3 is 2.49 bits per heavy atom. The number of para-hydroxylation sites is 1. The average molecular weight is 1030 g/mol. The van der Waals surface area contributed by atoms with E-state index in [4.69, 9.17) is 23.9 Å². The van der Waals surface area contributed by atoms with Gasteiger partial charge in [0, 0.05) is 67.7 Å². The van der Waals surface area contributed by atoms with Gasteiger partial charge in [0.1, 0.15) is 34.5 Å². The predicted octanol–water partition coefficient (Wildman–Crippen LogP) is 8.63. The first-order valence-corrected chi connectivity index (χ1v) is 27.7. The first-order valence-electron chi connectivity index (χ1n) is 26.3. The Morgan fingerprint density at radius 1 is 0.946 bits per heavy atom. The topological polar surface area (TPSA) is 214 Å². The van der Waals surface area contributed by atoms with Gasteiger partial charge in [0.2, 0.25) is 5.88 Å². The first-order chi connectivity index (χ1) is 35.4. The van der Waals surface area contributed by atoms with E-state index in [0.717, 1.165) is 81.0 Å². The van der Waals surface area contributed by atoms with E-state index in [1.807, 2.05) is 37.3 Å². The molecule has 1 amide bonds. The van der Waals surface area contributed by atoms with E-state index in [0.29, 0.717) is 81.2 Å². The highest BCUT2D eigenvalue weighted by Gasteiger charge is 2.50.